The highest BCUT2D eigenvalue weighted by molar-refractivity contribution is 7.89. The molecule has 0 spiro atoms. The lowest BCUT2D eigenvalue weighted by molar-refractivity contribution is 0.583. The summed E-state index contributed by atoms with van der Waals surface area (Å²) in [6, 6.07) is 5.88. The van der Waals surface area contributed by atoms with Crippen molar-refractivity contribution in [1.82, 2.24) is 4.72 Å². The van der Waals surface area contributed by atoms with Gasteiger partial charge < -0.3 is 5.73 Å². The largest absolute Gasteiger partial charge is 0.398 e. The van der Waals surface area contributed by atoms with E-state index in [0.29, 0.717) is 12.0 Å². The molecule has 17 heavy (non-hydrogen) atoms. The molecule has 5 nitrogen and oxygen atoms in total. The van der Waals surface area contributed by atoms with Crippen LogP contribution in [-0.4, -0.2) is 15.0 Å². The highest BCUT2D eigenvalue weighted by Gasteiger charge is 2.16. The quantitative estimate of drug-likeness (QED) is 0.460. The molecular weight excluding hydrogens is 238 g/mol. The van der Waals surface area contributed by atoms with Crippen molar-refractivity contribution in [2.45, 2.75) is 11.3 Å². The number of hydrogen-bond acceptors (Lipinski definition) is 4. The van der Waals surface area contributed by atoms with Gasteiger partial charge in [0, 0.05) is 13.0 Å². The molecule has 0 saturated carbocycles. The molecule has 0 radical (unpaired) electrons. The van der Waals surface area contributed by atoms with Gasteiger partial charge in [0.25, 0.3) is 0 Å². The van der Waals surface area contributed by atoms with Gasteiger partial charge in [0.05, 0.1) is 17.3 Å². The number of rotatable bonds is 4. The van der Waals surface area contributed by atoms with Crippen LogP contribution in [0.15, 0.2) is 23.1 Å². The molecule has 1 rings (SSSR count). The van der Waals surface area contributed by atoms with Crippen molar-refractivity contribution >= 4 is 15.7 Å². The molecule has 0 aliphatic carbocycles. The Labute approximate surface area is 100 Å². The van der Waals surface area contributed by atoms with E-state index in [1.165, 1.54) is 18.2 Å². The zero-order valence-electron chi connectivity index (χ0n) is 8.97. The zero-order chi connectivity index (χ0) is 12.9. The van der Waals surface area contributed by atoms with E-state index in [-0.39, 0.29) is 17.1 Å². The Hall–Kier alpha value is -2.02. The van der Waals surface area contributed by atoms with Crippen molar-refractivity contribution < 1.29 is 8.42 Å². The van der Waals surface area contributed by atoms with Crippen LogP contribution in [0.5, 0.6) is 0 Å². The summed E-state index contributed by atoms with van der Waals surface area (Å²) >= 11 is 0. The predicted molar refractivity (Wildman–Crippen MR) is 64.2 cm³/mol. The Morgan fingerprint density at radius 1 is 1.47 bits per heavy atom. The van der Waals surface area contributed by atoms with Crippen LogP contribution < -0.4 is 10.5 Å². The summed E-state index contributed by atoms with van der Waals surface area (Å²) in [5.74, 6) is 2.32. The van der Waals surface area contributed by atoms with Gasteiger partial charge >= 0.3 is 0 Å². The van der Waals surface area contributed by atoms with Crippen LogP contribution in [0.25, 0.3) is 0 Å². The number of nitriles is 1. The molecule has 3 N–H and O–H groups in total. The van der Waals surface area contributed by atoms with E-state index in [1.54, 1.807) is 0 Å². The number of sulfonamides is 1. The third kappa shape index (κ3) is 3.22. The molecule has 1 aromatic rings. The minimum atomic E-state index is -3.67. The fraction of sp³-hybridized carbons (Fsp3) is 0.182. The summed E-state index contributed by atoms with van der Waals surface area (Å²) in [4.78, 5) is -0.0477. The average molecular weight is 249 g/mol. The first-order chi connectivity index (χ1) is 8.01. The van der Waals surface area contributed by atoms with Gasteiger partial charge in [-0.05, 0) is 18.2 Å². The van der Waals surface area contributed by atoms with Crippen molar-refractivity contribution in [3.63, 3.8) is 0 Å². The van der Waals surface area contributed by atoms with Gasteiger partial charge in [-0.3, -0.25) is 0 Å². The second-order valence-electron chi connectivity index (χ2n) is 3.22. The van der Waals surface area contributed by atoms with Crippen LogP contribution in [0.3, 0.4) is 0 Å². The molecule has 0 amide bonds. The zero-order valence-corrected chi connectivity index (χ0v) is 9.79. The molecule has 0 bridgehead atoms. The summed E-state index contributed by atoms with van der Waals surface area (Å²) in [7, 11) is -3.67. The molecule has 0 fully saturated rings. The number of terminal acetylenes is 1. The highest BCUT2D eigenvalue weighted by Crippen LogP contribution is 2.19. The maximum atomic E-state index is 11.8. The number of hydrogen-bond donors (Lipinski definition) is 2. The molecule has 6 heteroatoms. The SMILES string of the molecule is C#CCCNS(=O)(=O)c1ccc(C#N)cc1N. The second-order valence-corrected chi connectivity index (χ2v) is 4.95. The number of nitrogen functional groups attached to an aromatic ring is 1. The van der Waals surface area contributed by atoms with Gasteiger partial charge in [0.15, 0.2) is 0 Å². The number of nitrogens with two attached hydrogens (primary N) is 1. The normalized spacial score (nSPS) is 10.5. The van der Waals surface area contributed by atoms with E-state index in [9.17, 15) is 8.42 Å². The van der Waals surface area contributed by atoms with Crippen LogP contribution in [0.4, 0.5) is 5.69 Å². The number of nitrogens with zero attached hydrogens (tertiary/aromatic N) is 1. The first kappa shape index (κ1) is 13.0. The topological polar surface area (TPSA) is 96.0 Å². The molecule has 0 aliphatic rings. The van der Waals surface area contributed by atoms with E-state index in [2.05, 4.69) is 10.6 Å². The number of benzene rings is 1. The third-order valence-corrected chi connectivity index (χ3v) is 3.52. The summed E-state index contributed by atoms with van der Waals surface area (Å²) < 4.78 is 25.9. The Kier molecular flexibility index (Phi) is 4.11. The molecule has 0 unspecified atom stereocenters. The number of nitrogens with one attached hydrogen (secondary N) is 1. The third-order valence-electron chi connectivity index (χ3n) is 1.99. The molecular formula is C11H11N3O2S. The lowest BCUT2D eigenvalue weighted by Crippen LogP contribution is -2.25. The Bertz CT molecular complexity index is 594. The minimum absolute atomic E-state index is 0.0391. The average Bonchev–Trinajstić information content (AvgIpc) is 2.28. The van der Waals surface area contributed by atoms with Gasteiger partial charge in [-0.1, -0.05) is 0 Å². The summed E-state index contributed by atoms with van der Waals surface area (Å²) in [6.45, 7) is 0.151. The van der Waals surface area contributed by atoms with Crippen molar-refractivity contribution in [3.8, 4) is 18.4 Å². The van der Waals surface area contributed by atoms with Crippen molar-refractivity contribution in [1.29, 1.82) is 5.26 Å². The van der Waals surface area contributed by atoms with E-state index >= 15 is 0 Å². The van der Waals surface area contributed by atoms with Gasteiger partial charge in [-0.15, -0.1) is 12.3 Å². The van der Waals surface area contributed by atoms with Crippen LogP contribution in [0.2, 0.25) is 0 Å². The summed E-state index contributed by atoms with van der Waals surface area (Å²) in [5, 5.41) is 8.64. The van der Waals surface area contributed by atoms with Crippen molar-refractivity contribution in [2.24, 2.45) is 0 Å². The molecule has 88 valence electrons. The smallest absolute Gasteiger partial charge is 0.242 e. The molecule has 0 aromatic heterocycles. The molecule has 1 aromatic carbocycles. The van der Waals surface area contributed by atoms with Crippen LogP contribution in [0, 0.1) is 23.7 Å². The Morgan fingerprint density at radius 2 is 2.18 bits per heavy atom. The van der Waals surface area contributed by atoms with Crippen molar-refractivity contribution in [3.05, 3.63) is 23.8 Å². The fourth-order valence-electron chi connectivity index (χ4n) is 1.20. The molecule has 0 atom stereocenters. The lowest BCUT2D eigenvalue weighted by atomic mass is 10.2. The Balaban J connectivity index is 3.01. The summed E-state index contributed by atoms with van der Waals surface area (Å²) in [5.41, 5.74) is 5.93. The van der Waals surface area contributed by atoms with Crippen LogP contribution in [0.1, 0.15) is 12.0 Å². The van der Waals surface area contributed by atoms with E-state index in [4.69, 9.17) is 17.4 Å². The number of anilines is 1. The first-order valence-electron chi connectivity index (χ1n) is 4.74. The van der Waals surface area contributed by atoms with E-state index in [1.807, 2.05) is 6.07 Å². The van der Waals surface area contributed by atoms with Gasteiger partial charge in [0.1, 0.15) is 4.90 Å². The van der Waals surface area contributed by atoms with E-state index < -0.39 is 10.0 Å². The van der Waals surface area contributed by atoms with E-state index in [0.717, 1.165) is 0 Å². The second kappa shape index (κ2) is 5.35. The highest BCUT2D eigenvalue weighted by atomic mass is 32.2. The maximum absolute atomic E-state index is 11.8. The monoisotopic (exact) mass is 249 g/mol. The fourth-order valence-corrected chi connectivity index (χ4v) is 2.34. The van der Waals surface area contributed by atoms with Gasteiger partial charge in [-0.25, -0.2) is 13.1 Å². The van der Waals surface area contributed by atoms with Crippen molar-refractivity contribution in [2.75, 3.05) is 12.3 Å². The summed E-state index contributed by atoms with van der Waals surface area (Å²) in [6.07, 6.45) is 5.32. The first-order valence-corrected chi connectivity index (χ1v) is 6.22. The molecule has 0 heterocycles. The van der Waals surface area contributed by atoms with Gasteiger partial charge in [0.2, 0.25) is 10.0 Å². The predicted octanol–water partition coefficient (Wildman–Crippen LogP) is 0.442. The van der Waals surface area contributed by atoms with Crippen LogP contribution in [-0.2, 0) is 10.0 Å². The Morgan fingerprint density at radius 3 is 2.71 bits per heavy atom. The molecule has 0 aliphatic heterocycles. The minimum Gasteiger partial charge on any atom is -0.398 e. The van der Waals surface area contributed by atoms with Crippen LogP contribution >= 0.6 is 0 Å². The maximum Gasteiger partial charge on any atom is 0.242 e. The standard InChI is InChI=1S/C11H11N3O2S/c1-2-3-6-14-17(15,16)11-5-4-9(8-12)7-10(11)13/h1,4-5,7,14H,3,6,13H2. The van der Waals surface area contributed by atoms with Gasteiger partial charge in [-0.2, -0.15) is 5.26 Å². The lowest BCUT2D eigenvalue weighted by Gasteiger charge is -2.08. The molecule has 0 saturated heterocycles.